The second-order valence-corrected chi connectivity index (χ2v) is 7.16. The van der Waals surface area contributed by atoms with Crippen LogP contribution >= 0.6 is 0 Å². The van der Waals surface area contributed by atoms with Crippen molar-refractivity contribution in [3.63, 3.8) is 0 Å². The van der Waals surface area contributed by atoms with Gasteiger partial charge in [-0.25, -0.2) is 12.7 Å². The third kappa shape index (κ3) is 3.61. The van der Waals surface area contributed by atoms with Crippen LogP contribution in [0.5, 0.6) is 0 Å². The fourth-order valence-corrected chi connectivity index (χ4v) is 3.49. The molecule has 1 N–H and O–H groups in total. The van der Waals surface area contributed by atoms with Gasteiger partial charge in [0.1, 0.15) is 0 Å². The van der Waals surface area contributed by atoms with Gasteiger partial charge in [0.25, 0.3) is 0 Å². The van der Waals surface area contributed by atoms with Crippen molar-refractivity contribution >= 4 is 15.9 Å². The van der Waals surface area contributed by atoms with Gasteiger partial charge >= 0.3 is 0 Å². The molecule has 6 nitrogen and oxygen atoms in total. The summed E-state index contributed by atoms with van der Waals surface area (Å²) in [5, 5.41) is 0. The zero-order valence-corrected chi connectivity index (χ0v) is 12.5. The van der Waals surface area contributed by atoms with E-state index >= 15 is 0 Å². The average molecular weight is 299 g/mol. The number of amides is 1. The van der Waals surface area contributed by atoms with Crippen molar-refractivity contribution in [3.05, 3.63) is 24.0 Å². The lowest BCUT2D eigenvalue weighted by atomic mass is 10.2. The van der Waals surface area contributed by atoms with Gasteiger partial charge in [0, 0.05) is 38.1 Å². The van der Waals surface area contributed by atoms with Crippen LogP contribution in [0.3, 0.4) is 0 Å². The molecular formula is C13H21N3O3S. The van der Waals surface area contributed by atoms with Crippen molar-refractivity contribution in [2.45, 2.75) is 19.8 Å². The zero-order chi connectivity index (χ0) is 14.6. The molecule has 2 rings (SSSR count). The van der Waals surface area contributed by atoms with Gasteiger partial charge in [0.2, 0.25) is 15.9 Å². The van der Waals surface area contributed by atoms with E-state index in [-0.39, 0.29) is 11.7 Å². The summed E-state index contributed by atoms with van der Waals surface area (Å²) in [4.78, 5) is 16.9. The third-order valence-electron chi connectivity index (χ3n) is 3.57. The van der Waals surface area contributed by atoms with Gasteiger partial charge in [-0.05, 0) is 25.5 Å². The van der Waals surface area contributed by atoms with E-state index in [9.17, 15) is 13.2 Å². The molecule has 20 heavy (non-hydrogen) atoms. The highest BCUT2D eigenvalue weighted by Crippen LogP contribution is 2.10. The van der Waals surface area contributed by atoms with Gasteiger partial charge in [-0.2, -0.15) is 0 Å². The standard InChI is InChI=1S/C13H21N3O3S/c1-2-20(18,19)16-8-4-7-15(9-10-16)13(17)11-12-5-3-6-14-12/h3,5-6,14H,2,4,7-11H2,1H3. The predicted molar refractivity (Wildman–Crippen MR) is 76.7 cm³/mol. The number of nitrogens with zero attached hydrogens (tertiary/aromatic N) is 2. The van der Waals surface area contributed by atoms with E-state index in [1.165, 1.54) is 4.31 Å². The Labute approximate surface area is 119 Å². The number of sulfonamides is 1. The van der Waals surface area contributed by atoms with Crippen molar-refractivity contribution in [2.24, 2.45) is 0 Å². The van der Waals surface area contributed by atoms with Gasteiger partial charge in [-0.3, -0.25) is 4.79 Å². The Morgan fingerprint density at radius 2 is 2.10 bits per heavy atom. The Bertz CT molecular complexity index is 539. The third-order valence-corrected chi connectivity index (χ3v) is 5.45. The molecule has 1 aromatic rings. The molecule has 0 saturated carbocycles. The molecule has 1 fully saturated rings. The number of carbonyl (C=O) groups is 1. The molecular weight excluding hydrogens is 278 g/mol. The van der Waals surface area contributed by atoms with Crippen molar-refractivity contribution < 1.29 is 13.2 Å². The number of nitrogens with one attached hydrogen (secondary N) is 1. The molecule has 7 heteroatoms. The van der Waals surface area contributed by atoms with E-state index < -0.39 is 10.0 Å². The predicted octanol–water partition coefficient (Wildman–Crippen LogP) is 0.441. The van der Waals surface area contributed by atoms with Gasteiger partial charge < -0.3 is 9.88 Å². The van der Waals surface area contributed by atoms with Crippen LogP contribution in [-0.4, -0.2) is 60.4 Å². The Balaban J connectivity index is 1.94. The largest absolute Gasteiger partial charge is 0.365 e. The lowest BCUT2D eigenvalue weighted by molar-refractivity contribution is -0.130. The molecule has 0 spiro atoms. The number of aromatic amines is 1. The Hall–Kier alpha value is -1.34. The number of rotatable bonds is 4. The van der Waals surface area contributed by atoms with Gasteiger partial charge in [0.05, 0.1) is 12.2 Å². The molecule has 1 saturated heterocycles. The summed E-state index contributed by atoms with van der Waals surface area (Å²) in [7, 11) is -3.15. The first-order chi connectivity index (χ1) is 9.53. The normalized spacial score (nSPS) is 17.9. The molecule has 112 valence electrons. The van der Waals surface area contributed by atoms with Crippen LogP contribution in [-0.2, 0) is 21.2 Å². The average Bonchev–Trinajstić information content (AvgIpc) is 2.79. The quantitative estimate of drug-likeness (QED) is 0.877. The minimum Gasteiger partial charge on any atom is -0.365 e. The van der Waals surface area contributed by atoms with Crippen molar-refractivity contribution in [3.8, 4) is 0 Å². The van der Waals surface area contributed by atoms with Crippen LogP contribution in [0.25, 0.3) is 0 Å². The van der Waals surface area contributed by atoms with Crippen LogP contribution in [0.2, 0.25) is 0 Å². The molecule has 0 aliphatic carbocycles. The second kappa shape index (κ2) is 6.41. The van der Waals surface area contributed by atoms with E-state index in [4.69, 9.17) is 0 Å². The molecule has 0 unspecified atom stereocenters. The van der Waals surface area contributed by atoms with Crippen molar-refractivity contribution in [1.29, 1.82) is 0 Å². The van der Waals surface area contributed by atoms with Crippen LogP contribution in [0, 0.1) is 0 Å². The summed E-state index contributed by atoms with van der Waals surface area (Å²) < 4.78 is 25.2. The number of carbonyl (C=O) groups excluding carboxylic acids is 1. The molecule has 2 heterocycles. The highest BCUT2D eigenvalue weighted by Gasteiger charge is 2.25. The van der Waals surface area contributed by atoms with Gasteiger partial charge in [-0.1, -0.05) is 0 Å². The highest BCUT2D eigenvalue weighted by atomic mass is 32.2. The van der Waals surface area contributed by atoms with E-state index in [0.717, 1.165) is 5.69 Å². The van der Waals surface area contributed by atoms with E-state index in [2.05, 4.69) is 4.98 Å². The first-order valence-electron chi connectivity index (χ1n) is 6.91. The van der Waals surface area contributed by atoms with E-state index in [0.29, 0.717) is 39.0 Å². The number of H-pyrrole nitrogens is 1. The van der Waals surface area contributed by atoms with Crippen LogP contribution < -0.4 is 0 Å². The van der Waals surface area contributed by atoms with Crippen LogP contribution in [0.4, 0.5) is 0 Å². The molecule has 1 aliphatic rings. The Kier molecular flexibility index (Phi) is 4.82. The highest BCUT2D eigenvalue weighted by molar-refractivity contribution is 7.89. The number of hydrogen-bond donors (Lipinski definition) is 1. The molecule has 0 radical (unpaired) electrons. The van der Waals surface area contributed by atoms with E-state index in [1.807, 2.05) is 12.1 Å². The summed E-state index contributed by atoms with van der Waals surface area (Å²) in [6.07, 6.45) is 2.82. The molecule has 0 aromatic carbocycles. The Morgan fingerprint density at radius 1 is 1.30 bits per heavy atom. The minimum atomic E-state index is -3.15. The summed E-state index contributed by atoms with van der Waals surface area (Å²) >= 11 is 0. The zero-order valence-electron chi connectivity index (χ0n) is 11.7. The summed E-state index contributed by atoms with van der Waals surface area (Å²) in [6, 6.07) is 3.74. The SMILES string of the molecule is CCS(=O)(=O)N1CCCN(C(=O)Cc2ccc[nH]2)CC1. The number of aromatic nitrogens is 1. The van der Waals surface area contributed by atoms with Crippen LogP contribution in [0.15, 0.2) is 18.3 Å². The lowest BCUT2D eigenvalue weighted by Crippen LogP contribution is -2.38. The van der Waals surface area contributed by atoms with Crippen molar-refractivity contribution in [1.82, 2.24) is 14.2 Å². The monoisotopic (exact) mass is 299 g/mol. The summed E-state index contributed by atoms with van der Waals surface area (Å²) in [5.41, 5.74) is 0.886. The molecule has 0 bridgehead atoms. The maximum absolute atomic E-state index is 12.2. The van der Waals surface area contributed by atoms with Crippen LogP contribution in [0.1, 0.15) is 19.0 Å². The molecule has 0 atom stereocenters. The molecule has 1 aliphatic heterocycles. The second-order valence-electron chi connectivity index (χ2n) is 4.91. The molecule has 1 aromatic heterocycles. The smallest absolute Gasteiger partial charge is 0.228 e. The molecule has 1 amide bonds. The fourth-order valence-electron chi connectivity index (χ4n) is 2.36. The first kappa shape index (κ1) is 15.1. The van der Waals surface area contributed by atoms with E-state index in [1.54, 1.807) is 18.0 Å². The fraction of sp³-hybridized carbons (Fsp3) is 0.615. The summed E-state index contributed by atoms with van der Waals surface area (Å²) in [5.74, 6) is 0.159. The Morgan fingerprint density at radius 3 is 2.75 bits per heavy atom. The first-order valence-corrected chi connectivity index (χ1v) is 8.51. The lowest BCUT2D eigenvalue weighted by Gasteiger charge is -2.21. The minimum absolute atomic E-state index is 0.0446. The topological polar surface area (TPSA) is 73.5 Å². The number of hydrogen-bond acceptors (Lipinski definition) is 3. The van der Waals surface area contributed by atoms with Gasteiger partial charge in [0.15, 0.2) is 0 Å². The maximum Gasteiger partial charge on any atom is 0.228 e. The maximum atomic E-state index is 12.2. The van der Waals surface area contributed by atoms with Crippen molar-refractivity contribution in [2.75, 3.05) is 31.9 Å². The summed E-state index contributed by atoms with van der Waals surface area (Å²) in [6.45, 7) is 3.64. The van der Waals surface area contributed by atoms with Gasteiger partial charge in [-0.15, -0.1) is 0 Å².